The minimum absolute atomic E-state index is 0.00275. The summed E-state index contributed by atoms with van der Waals surface area (Å²) in [4.78, 5) is -0.0571. The van der Waals surface area contributed by atoms with Crippen molar-refractivity contribution in [3.63, 3.8) is 0 Å². The monoisotopic (exact) mass is 230 g/mol. The van der Waals surface area contributed by atoms with Crippen LogP contribution in [0.3, 0.4) is 0 Å². The molecule has 0 heterocycles. The van der Waals surface area contributed by atoms with Crippen LogP contribution in [0.5, 0.6) is 5.75 Å². The number of ether oxygens (including phenoxy) is 1. The maximum absolute atomic E-state index is 11.1. The van der Waals surface area contributed by atoms with Crippen molar-refractivity contribution in [1.29, 1.82) is 0 Å². The summed E-state index contributed by atoms with van der Waals surface area (Å²) in [5.41, 5.74) is 0.553. The Kier molecular flexibility index (Phi) is 3.36. The molecule has 0 aliphatic rings. The molecule has 0 aliphatic carbocycles. The summed E-state index contributed by atoms with van der Waals surface area (Å²) in [6, 6.07) is 4.48. The summed E-state index contributed by atoms with van der Waals surface area (Å²) in [6.07, 6.45) is 0. The smallest absolute Gasteiger partial charge is 0.294 e. The minimum Gasteiger partial charge on any atom is -0.497 e. The second-order valence-electron chi connectivity index (χ2n) is 3.53. The first-order valence-electron chi connectivity index (χ1n) is 4.51. The molecule has 0 amide bonds. The molecule has 0 radical (unpaired) electrons. The van der Waals surface area contributed by atoms with Gasteiger partial charge in [-0.25, -0.2) is 0 Å². The molecule has 0 saturated carbocycles. The molecule has 0 aromatic heterocycles. The van der Waals surface area contributed by atoms with Crippen molar-refractivity contribution in [2.45, 2.75) is 24.7 Å². The molecule has 0 unspecified atom stereocenters. The number of rotatable bonds is 3. The molecule has 0 saturated heterocycles. The van der Waals surface area contributed by atoms with Gasteiger partial charge in [-0.05, 0) is 29.7 Å². The molecule has 4 nitrogen and oxygen atoms in total. The quantitative estimate of drug-likeness (QED) is 0.807. The predicted octanol–water partition coefficient (Wildman–Crippen LogP) is 2.07. The van der Waals surface area contributed by atoms with Crippen LogP contribution in [-0.4, -0.2) is 20.1 Å². The Morgan fingerprint density at radius 3 is 2.33 bits per heavy atom. The fourth-order valence-corrected chi connectivity index (χ4v) is 2.17. The van der Waals surface area contributed by atoms with Crippen LogP contribution < -0.4 is 4.74 Å². The zero-order valence-electron chi connectivity index (χ0n) is 8.89. The van der Waals surface area contributed by atoms with E-state index in [1.54, 1.807) is 6.07 Å². The van der Waals surface area contributed by atoms with E-state index < -0.39 is 10.1 Å². The SMILES string of the molecule is COc1ccc(S(=O)(=O)O)c(C(C)C)c1. The Labute approximate surface area is 89.6 Å². The van der Waals surface area contributed by atoms with E-state index in [4.69, 9.17) is 9.29 Å². The maximum atomic E-state index is 11.1. The molecular formula is C10H14O4S. The summed E-state index contributed by atoms with van der Waals surface area (Å²) >= 11 is 0. The van der Waals surface area contributed by atoms with E-state index in [-0.39, 0.29) is 10.8 Å². The fourth-order valence-electron chi connectivity index (χ4n) is 1.34. The molecule has 5 heteroatoms. The van der Waals surface area contributed by atoms with E-state index in [1.807, 2.05) is 13.8 Å². The zero-order chi connectivity index (χ0) is 11.6. The molecule has 84 valence electrons. The highest BCUT2D eigenvalue weighted by Gasteiger charge is 2.17. The van der Waals surface area contributed by atoms with Gasteiger partial charge in [-0.2, -0.15) is 8.42 Å². The Morgan fingerprint density at radius 1 is 1.33 bits per heavy atom. The lowest BCUT2D eigenvalue weighted by molar-refractivity contribution is 0.413. The summed E-state index contributed by atoms with van der Waals surface area (Å²) in [7, 11) is -2.65. The van der Waals surface area contributed by atoms with Gasteiger partial charge in [0.2, 0.25) is 0 Å². The van der Waals surface area contributed by atoms with Gasteiger partial charge in [0.25, 0.3) is 10.1 Å². The van der Waals surface area contributed by atoms with Crippen molar-refractivity contribution in [1.82, 2.24) is 0 Å². The highest BCUT2D eigenvalue weighted by atomic mass is 32.2. The first-order chi connectivity index (χ1) is 6.86. The van der Waals surface area contributed by atoms with Gasteiger partial charge < -0.3 is 4.74 Å². The van der Waals surface area contributed by atoms with Crippen LogP contribution in [0.25, 0.3) is 0 Å². The van der Waals surface area contributed by atoms with Gasteiger partial charge >= 0.3 is 0 Å². The molecule has 1 aromatic rings. The molecule has 1 N–H and O–H groups in total. The van der Waals surface area contributed by atoms with Crippen LogP contribution in [0.2, 0.25) is 0 Å². The highest BCUT2D eigenvalue weighted by molar-refractivity contribution is 7.85. The number of hydrogen-bond donors (Lipinski definition) is 1. The third-order valence-electron chi connectivity index (χ3n) is 2.12. The molecule has 1 aromatic carbocycles. The molecule has 15 heavy (non-hydrogen) atoms. The van der Waals surface area contributed by atoms with Crippen LogP contribution in [0.4, 0.5) is 0 Å². The zero-order valence-corrected chi connectivity index (χ0v) is 9.71. The first-order valence-corrected chi connectivity index (χ1v) is 5.95. The summed E-state index contributed by atoms with van der Waals surface area (Å²) in [5.74, 6) is 0.572. The lowest BCUT2D eigenvalue weighted by Gasteiger charge is -2.11. The molecule has 0 aliphatic heterocycles. The Bertz CT molecular complexity index is 448. The van der Waals surface area contributed by atoms with Crippen LogP contribution in [-0.2, 0) is 10.1 Å². The van der Waals surface area contributed by atoms with Crippen LogP contribution >= 0.6 is 0 Å². The Hall–Kier alpha value is -1.07. The number of methoxy groups -OCH3 is 1. The van der Waals surface area contributed by atoms with Gasteiger partial charge in [0.05, 0.1) is 12.0 Å². The standard InChI is InChI=1S/C10H14O4S/c1-7(2)9-6-8(14-3)4-5-10(9)15(11,12)13/h4-7H,1-3H3,(H,11,12,13). The Morgan fingerprint density at radius 2 is 1.93 bits per heavy atom. The van der Waals surface area contributed by atoms with Crippen LogP contribution in [0.1, 0.15) is 25.3 Å². The first kappa shape index (κ1) is 12.0. The molecule has 0 spiro atoms. The normalized spacial score (nSPS) is 11.8. The molecule has 0 bridgehead atoms. The molecular weight excluding hydrogens is 216 g/mol. The van der Waals surface area contributed by atoms with Gasteiger partial charge in [0.15, 0.2) is 0 Å². The number of hydrogen-bond acceptors (Lipinski definition) is 3. The van der Waals surface area contributed by atoms with E-state index in [0.717, 1.165) is 0 Å². The van der Waals surface area contributed by atoms with Gasteiger partial charge in [0.1, 0.15) is 5.75 Å². The van der Waals surface area contributed by atoms with E-state index in [9.17, 15) is 8.42 Å². The van der Waals surface area contributed by atoms with Crippen molar-refractivity contribution < 1.29 is 17.7 Å². The van der Waals surface area contributed by atoms with Gasteiger partial charge in [0, 0.05) is 0 Å². The van der Waals surface area contributed by atoms with E-state index in [0.29, 0.717) is 11.3 Å². The second-order valence-corrected chi connectivity index (χ2v) is 4.92. The number of benzene rings is 1. The Balaban J connectivity index is 3.41. The molecule has 1 rings (SSSR count). The van der Waals surface area contributed by atoms with Gasteiger partial charge in [-0.15, -0.1) is 0 Å². The second kappa shape index (κ2) is 4.20. The van der Waals surface area contributed by atoms with Crippen LogP contribution in [0.15, 0.2) is 23.1 Å². The highest BCUT2D eigenvalue weighted by Crippen LogP contribution is 2.27. The maximum Gasteiger partial charge on any atom is 0.294 e. The third kappa shape index (κ3) is 2.70. The summed E-state index contributed by atoms with van der Waals surface area (Å²) in [6.45, 7) is 3.70. The van der Waals surface area contributed by atoms with Gasteiger partial charge in [-0.3, -0.25) is 4.55 Å². The third-order valence-corrected chi connectivity index (χ3v) is 3.04. The average molecular weight is 230 g/mol. The average Bonchev–Trinajstić information content (AvgIpc) is 2.15. The van der Waals surface area contributed by atoms with E-state index >= 15 is 0 Å². The van der Waals surface area contributed by atoms with E-state index in [2.05, 4.69) is 0 Å². The summed E-state index contributed by atoms with van der Waals surface area (Å²) < 4.78 is 36.2. The fraction of sp³-hybridized carbons (Fsp3) is 0.400. The largest absolute Gasteiger partial charge is 0.497 e. The lowest BCUT2D eigenvalue weighted by Crippen LogP contribution is -2.04. The van der Waals surface area contributed by atoms with Crippen molar-refractivity contribution in [2.24, 2.45) is 0 Å². The molecule has 0 atom stereocenters. The minimum atomic E-state index is -4.16. The van der Waals surface area contributed by atoms with Crippen LogP contribution in [0, 0.1) is 0 Å². The van der Waals surface area contributed by atoms with Gasteiger partial charge in [-0.1, -0.05) is 13.8 Å². The van der Waals surface area contributed by atoms with Crippen molar-refractivity contribution in [3.8, 4) is 5.75 Å². The predicted molar refractivity (Wildman–Crippen MR) is 56.9 cm³/mol. The molecule has 0 fully saturated rings. The van der Waals surface area contributed by atoms with E-state index in [1.165, 1.54) is 19.2 Å². The topological polar surface area (TPSA) is 63.6 Å². The van der Waals surface area contributed by atoms with Crippen molar-refractivity contribution in [2.75, 3.05) is 7.11 Å². The lowest BCUT2D eigenvalue weighted by atomic mass is 10.0. The van der Waals surface area contributed by atoms with Crippen molar-refractivity contribution in [3.05, 3.63) is 23.8 Å². The summed E-state index contributed by atoms with van der Waals surface area (Å²) in [5, 5.41) is 0. The van der Waals surface area contributed by atoms with Crippen molar-refractivity contribution >= 4 is 10.1 Å².